The van der Waals surface area contributed by atoms with Crippen molar-refractivity contribution >= 4 is 16.7 Å². The van der Waals surface area contributed by atoms with Crippen LogP contribution in [0.25, 0.3) is 10.8 Å². The van der Waals surface area contributed by atoms with Crippen LogP contribution in [0.2, 0.25) is 0 Å². The van der Waals surface area contributed by atoms with Gasteiger partial charge in [-0.25, -0.2) is 4.79 Å². The zero-order valence-electron chi connectivity index (χ0n) is 20.2. The maximum Gasteiger partial charge on any atom is 0.335 e. The summed E-state index contributed by atoms with van der Waals surface area (Å²) >= 11 is 0. The minimum absolute atomic E-state index is 0.0218. The lowest BCUT2D eigenvalue weighted by Gasteiger charge is -2.33. The van der Waals surface area contributed by atoms with Crippen molar-refractivity contribution in [3.05, 3.63) is 113 Å². The van der Waals surface area contributed by atoms with Gasteiger partial charge in [-0.3, -0.25) is 0 Å². The Balaban J connectivity index is 1.39. The van der Waals surface area contributed by atoms with Crippen molar-refractivity contribution in [3.63, 3.8) is 0 Å². The van der Waals surface area contributed by atoms with E-state index in [1.54, 1.807) is 0 Å². The maximum atomic E-state index is 11.9. The van der Waals surface area contributed by atoms with Gasteiger partial charge in [0.2, 0.25) is 0 Å². The molecule has 0 unspecified atom stereocenters. The smallest absolute Gasteiger partial charge is 0.335 e. The van der Waals surface area contributed by atoms with Crippen LogP contribution in [0.4, 0.5) is 0 Å². The third kappa shape index (κ3) is 4.67. The van der Waals surface area contributed by atoms with Gasteiger partial charge in [-0.1, -0.05) is 79.7 Å². The van der Waals surface area contributed by atoms with Crippen LogP contribution >= 0.6 is 0 Å². The lowest BCUT2D eigenvalue weighted by Crippen LogP contribution is -2.37. The van der Waals surface area contributed by atoms with E-state index in [9.17, 15) is 9.90 Å². The van der Waals surface area contributed by atoms with Crippen LogP contribution in [0.15, 0.2) is 84.9 Å². The molecule has 4 heteroatoms. The number of hydrogen-bond acceptors (Lipinski definition) is 3. The van der Waals surface area contributed by atoms with Crippen LogP contribution in [0.5, 0.6) is 5.75 Å². The Hall–Kier alpha value is -3.63. The molecule has 0 amide bonds. The first kappa shape index (κ1) is 23.1. The summed E-state index contributed by atoms with van der Waals surface area (Å²) in [5.74, 6) is 0.0969. The molecule has 2 N–H and O–H groups in total. The van der Waals surface area contributed by atoms with Crippen molar-refractivity contribution in [3.8, 4) is 5.75 Å². The van der Waals surface area contributed by atoms with E-state index < -0.39 is 5.97 Å². The molecule has 0 aromatic heterocycles. The first-order valence-electron chi connectivity index (χ1n) is 12.4. The van der Waals surface area contributed by atoms with Gasteiger partial charge in [0.15, 0.2) is 0 Å². The first-order chi connectivity index (χ1) is 17.0. The minimum Gasteiger partial charge on any atom is -0.489 e. The third-order valence-corrected chi connectivity index (χ3v) is 7.18. The quantitative estimate of drug-likeness (QED) is 0.318. The topological polar surface area (TPSA) is 58.6 Å². The number of hydrogen-bond donors (Lipinski definition) is 2. The Kier molecular flexibility index (Phi) is 6.56. The van der Waals surface area contributed by atoms with Crippen molar-refractivity contribution in [2.45, 2.75) is 44.8 Å². The standard InChI is InChI=1S/C31H31NO3/c1-3-21-15-16-23(17-29(21)31(33)34)28-18-24(35-30-14-7-6-12-27(28)30)19-32-20(2)25-13-8-10-22-9-4-5-11-26(22)25/h4-17,20,24,28,32H,3,18-19H2,1-2H3,(H,33,34)/t20-,24-,28-/m1/s1. The largest absolute Gasteiger partial charge is 0.489 e. The van der Waals surface area contributed by atoms with Crippen LogP contribution in [0, 0.1) is 0 Å². The predicted molar refractivity (Wildman–Crippen MR) is 140 cm³/mol. The first-order valence-corrected chi connectivity index (χ1v) is 12.4. The number of carbonyl (C=O) groups is 1. The number of rotatable bonds is 7. The van der Waals surface area contributed by atoms with E-state index in [-0.39, 0.29) is 18.1 Å². The molecule has 1 aliphatic heterocycles. The summed E-state index contributed by atoms with van der Waals surface area (Å²) in [4.78, 5) is 11.9. The van der Waals surface area contributed by atoms with Crippen LogP contribution in [0.1, 0.15) is 64.8 Å². The molecule has 178 valence electrons. The molecule has 0 spiro atoms. The molecular weight excluding hydrogens is 434 g/mol. The van der Waals surface area contributed by atoms with Crippen LogP contribution in [0.3, 0.4) is 0 Å². The van der Waals surface area contributed by atoms with Gasteiger partial charge < -0.3 is 15.2 Å². The van der Waals surface area contributed by atoms with E-state index in [1.807, 2.05) is 37.3 Å². The van der Waals surface area contributed by atoms with Gasteiger partial charge in [-0.05, 0) is 59.4 Å². The van der Waals surface area contributed by atoms with Crippen LogP contribution < -0.4 is 10.1 Å². The highest BCUT2D eigenvalue weighted by Gasteiger charge is 2.30. The predicted octanol–water partition coefficient (Wildman–Crippen LogP) is 6.73. The number of carboxylic acids is 1. The molecule has 0 saturated heterocycles. The molecule has 0 radical (unpaired) electrons. The molecule has 5 rings (SSSR count). The normalized spacial score (nSPS) is 18.0. The van der Waals surface area contributed by atoms with Crippen molar-refractivity contribution < 1.29 is 14.6 Å². The van der Waals surface area contributed by atoms with E-state index in [2.05, 4.69) is 66.8 Å². The van der Waals surface area contributed by atoms with Gasteiger partial charge in [0.25, 0.3) is 0 Å². The van der Waals surface area contributed by atoms with Gasteiger partial charge in [0, 0.05) is 24.1 Å². The number of ether oxygens (including phenoxy) is 1. The van der Waals surface area contributed by atoms with E-state index in [0.717, 1.165) is 28.9 Å². The molecule has 0 saturated carbocycles. The second-order valence-corrected chi connectivity index (χ2v) is 9.34. The number of carboxylic acid groups (broad SMARTS) is 1. The molecular formula is C31H31NO3. The highest BCUT2D eigenvalue weighted by molar-refractivity contribution is 5.89. The minimum atomic E-state index is -0.869. The summed E-state index contributed by atoms with van der Waals surface area (Å²) in [6.07, 6.45) is 1.47. The molecule has 4 aromatic rings. The Morgan fingerprint density at radius 1 is 1.03 bits per heavy atom. The Bertz CT molecular complexity index is 1360. The molecule has 0 bridgehead atoms. The summed E-state index contributed by atoms with van der Waals surface area (Å²) in [5, 5.41) is 16.0. The van der Waals surface area contributed by atoms with Crippen LogP contribution in [-0.4, -0.2) is 23.7 Å². The maximum absolute atomic E-state index is 11.9. The Morgan fingerprint density at radius 3 is 2.63 bits per heavy atom. The van der Waals surface area contributed by atoms with Crippen molar-refractivity contribution in [1.82, 2.24) is 5.32 Å². The molecule has 4 nitrogen and oxygen atoms in total. The number of para-hydroxylation sites is 1. The second kappa shape index (κ2) is 9.93. The molecule has 1 heterocycles. The third-order valence-electron chi connectivity index (χ3n) is 7.18. The highest BCUT2D eigenvalue weighted by Crippen LogP contribution is 2.41. The lowest BCUT2D eigenvalue weighted by molar-refractivity contribution is 0.0695. The summed E-state index contributed by atoms with van der Waals surface area (Å²) < 4.78 is 6.40. The monoisotopic (exact) mass is 465 g/mol. The molecule has 0 aliphatic carbocycles. The van der Waals surface area contributed by atoms with Gasteiger partial charge in [0.1, 0.15) is 11.9 Å². The second-order valence-electron chi connectivity index (χ2n) is 9.34. The molecule has 3 atom stereocenters. The van der Waals surface area contributed by atoms with Crippen LogP contribution in [-0.2, 0) is 6.42 Å². The average molecular weight is 466 g/mol. The average Bonchev–Trinajstić information content (AvgIpc) is 2.90. The Morgan fingerprint density at radius 2 is 1.80 bits per heavy atom. The van der Waals surface area contributed by atoms with E-state index in [4.69, 9.17) is 4.74 Å². The summed E-state index contributed by atoms with van der Waals surface area (Å²) in [5.41, 5.74) is 4.68. The number of aryl methyl sites for hydroxylation is 1. The van der Waals surface area contributed by atoms with Crippen molar-refractivity contribution in [2.24, 2.45) is 0 Å². The fraction of sp³-hybridized carbons (Fsp3) is 0.258. The number of fused-ring (bicyclic) bond motifs is 2. The lowest BCUT2D eigenvalue weighted by atomic mass is 9.82. The number of aromatic carboxylic acids is 1. The SMILES string of the molecule is CCc1ccc([C@H]2C[C@H](CN[C@H](C)c3cccc4ccccc34)Oc3ccccc32)cc1C(=O)O. The molecule has 35 heavy (non-hydrogen) atoms. The van der Waals surface area contributed by atoms with E-state index >= 15 is 0 Å². The fourth-order valence-corrected chi connectivity index (χ4v) is 5.30. The zero-order chi connectivity index (χ0) is 24.4. The van der Waals surface area contributed by atoms with Gasteiger partial charge in [-0.15, -0.1) is 0 Å². The summed E-state index contributed by atoms with van der Waals surface area (Å²) in [7, 11) is 0. The van der Waals surface area contributed by atoms with E-state index in [0.29, 0.717) is 18.5 Å². The Labute approximate surface area is 206 Å². The van der Waals surface area contributed by atoms with Gasteiger partial charge >= 0.3 is 5.97 Å². The molecule has 1 aliphatic rings. The summed E-state index contributed by atoms with van der Waals surface area (Å²) in [6, 6.07) is 29.1. The van der Waals surface area contributed by atoms with Gasteiger partial charge in [-0.2, -0.15) is 0 Å². The zero-order valence-corrected chi connectivity index (χ0v) is 20.2. The van der Waals surface area contributed by atoms with Gasteiger partial charge in [0.05, 0.1) is 5.56 Å². The molecule has 4 aromatic carbocycles. The molecule has 0 fully saturated rings. The van der Waals surface area contributed by atoms with Crippen molar-refractivity contribution in [2.75, 3.05) is 6.54 Å². The van der Waals surface area contributed by atoms with E-state index in [1.165, 1.54) is 16.3 Å². The summed E-state index contributed by atoms with van der Waals surface area (Å²) in [6.45, 7) is 4.89. The number of benzene rings is 4. The highest BCUT2D eigenvalue weighted by atomic mass is 16.5. The van der Waals surface area contributed by atoms with Crippen molar-refractivity contribution in [1.29, 1.82) is 0 Å². The fourth-order valence-electron chi connectivity index (χ4n) is 5.30. The number of nitrogens with one attached hydrogen (secondary N) is 1.